The number of ether oxygens (including phenoxy) is 2. The molecule has 142 valence electrons. The van der Waals surface area contributed by atoms with Crippen molar-refractivity contribution in [3.63, 3.8) is 0 Å². The van der Waals surface area contributed by atoms with Crippen molar-refractivity contribution in [3.8, 4) is 5.75 Å². The van der Waals surface area contributed by atoms with E-state index in [1.165, 1.54) is 5.56 Å². The van der Waals surface area contributed by atoms with Crippen molar-refractivity contribution in [1.82, 2.24) is 9.55 Å². The molecule has 0 spiro atoms. The van der Waals surface area contributed by atoms with Crippen LogP contribution in [0.4, 0.5) is 0 Å². The summed E-state index contributed by atoms with van der Waals surface area (Å²) in [6, 6.07) is 13.6. The predicted octanol–water partition coefficient (Wildman–Crippen LogP) is 4.15. The minimum Gasteiger partial charge on any atom is -0.497 e. The first kappa shape index (κ1) is 19.9. The molecule has 7 heteroatoms. The molecule has 0 unspecified atom stereocenters. The van der Waals surface area contributed by atoms with Gasteiger partial charge in [0.2, 0.25) is 0 Å². The van der Waals surface area contributed by atoms with E-state index in [0.29, 0.717) is 24.1 Å². The average Bonchev–Trinajstić information content (AvgIpc) is 2.69. The average molecular weight is 449 g/mol. The Balaban J connectivity index is 1.82. The first-order chi connectivity index (χ1) is 13.1. The van der Waals surface area contributed by atoms with Gasteiger partial charge in [-0.25, -0.2) is 4.98 Å². The molecule has 0 aliphatic rings. The molecule has 0 saturated carbocycles. The van der Waals surface area contributed by atoms with E-state index in [-0.39, 0.29) is 5.56 Å². The minimum atomic E-state index is -0.0368. The second-order valence-corrected chi connectivity index (χ2v) is 7.93. The van der Waals surface area contributed by atoms with Gasteiger partial charge in [-0.15, -0.1) is 0 Å². The van der Waals surface area contributed by atoms with Crippen LogP contribution in [0.1, 0.15) is 5.56 Å². The monoisotopic (exact) mass is 448 g/mol. The first-order valence-electron chi connectivity index (χ1n) is 8.57. The normalized spacial score (nSPS) is 11.1. The third-order valence-corrected chi connectivity index (χ3v) is 5.65. The molecule has 0 radical (unpaired) electrons. The molecule has 1 heterocycles. The van der Waals surface area contributed by atoms with Gasteiger partial charge in [0.25, 0.3) is 5.56 Å². The maximum atomic E-state index is 12.9. The topological polar surface area (TPSA) is 53.4 Å². The van der Waals surface area contributed by atoms with Gasteiger partial charge >= 0.3 is 0 Å². The molecule has 5 nitrogen and oxygen atoms in total. The Hall–Kier alpha value is -1.83. The van der Waals surface area contributed by atoms with Crippen LogP contribution in [0.2, 0.25) is 0 Å². The highest BCUT2D eigenvalue weighted by atomic mass is 79.9. The summed E-state index contributed by atoms with van der Waals surface area (Å²) in [6.45, 7) is 0.947. The number of halogens is 1. The molecule has 27 heavy (non-hydrogen) atoms. The van der Waals surface area contributed by atoms with Gasteiger partial charge in [-0.3, -0.25) is 9.36 Å². The molecule has 0 bridgehead atoms. The Labute approximate surface area is 170 Å². The van der Waals surface area contributed by atoms with Gasteiger partial charge in [0.05, 0.1) is 31.2 Å². The number of rotatable bonds is 8. The number of thioether (sulfide) groups is 1. The molecule has 0 aliphatic carbocycles. The van der Waals surface area contributed by atoms with E-state index in [1.54, 1.807) is 30.5 Å². The summed E-state index contributed by atoms with van der Waals surface area (Å²) in [6.07, 6.45) is 0.882. The summed E-state index contributed by atoms with van der Waals surface area (Å²) in [5.74, 6) is 1.68. The van der Waals surface area contributed by atoms with Gasteiger partial charge < -0.3 is 9.47 Å². The third kappa shape index (κ3) is 4.91. The molecule has 0 fully saturated rings. The zero-order valence-corrected chi connectivity index (χ0v) is 17.7. The fraction of sp³-hybridized carbons (Fsp3) is 0.300. The number of benzene rings is 2. The van der Waals surface area contributed by atoms with E-state index in [1.807, 2.05) is 30.3 Å². The summed E-state index contributed by atoms with van der Waals surface area (Å²) in [5, 5.41) is 1.33. The second kappa shape index (κ2) is 9.39. The molecule has 3 aromatic rings. The SMILES string of the molecule is COCCn1c(SCCc2ccc(OC)cc2)nc2ccc(Br)cc2c1=O. The summed E-state index contributed by atoms with van der Waals surface area (Å²) >= 11 is 5.01. The number of hydrogen-bond acceptors (Lipinski definition) is 5. The Morgan fingerprint density at radius 1 is 1.15 bits per heavy atom. The Morgan fingerprint density at radius 3 is 2.63 bits per heavy atom. The van der Waals surface area contributed by atoms with Crippen LogP contribution in [0.3, 0.4) is 0 Å². The van der Waals surface area contributed by atoms with Crippen molar-refractivity contribution < 1.29 is 9.47 Å². The van der Waals surface area contributed by atoms with Gasteiger partial charge in [-0.1, -0.05) is 39.8 Å². The van der Waals surface area contributed by atoms with Gasteiger partial charge in [-0.2, -0.15) is 0 Å². The van der Waals surface area contributed by atoms with E-state index < -0.39 is 0 Å². The largest absolute Gasteiger partial charge is 0.497 e. The van der Waals surface area contributed by atoms with Gasteiger partial charge in [0.1, 0.15) is 5.75 Å². The van der Waals surface area contributed by atoms with Crippen LogP contribution in [0.25, 0.3) is 10.9 Å². The molecule has 0 amide bonds. The summed E-state index contributed by atoms with van der Waals surface area (Å²) in [5.41, 5.74) is 1.90. The molecular weight excluding hydrogens is 428 g/mol. The Morgan fingerprint density at radius 2 is 1.93 bits per heavy atom. The van der Waals surface area contributed by atoms with E-state index >= 15 is 0 Å². The lowest BCUT2D eigenvalue weighted by Gasteiger charge is -2.13. The van der Waals surface area contributed by atoms with E-state index in [9.17, 15) is 4.79 Å². The zero-order chi connectivity index (χ0) is 19.2. The Kier molecular flexibility index (Phi) is 6.93. The summed E-state index contributed by atoms with van der Waals surface area (Å²) < 4.78 is 12.9. The van der Waals surface area contributed by atoms with Crippen LogP contribution < -0.4 is 10.3 Å². The van der Waals surface area contributed by atoms with Crippen LogP contribution >= 0.6 is 27.7 Å². The van der Waals surface area contributed by atoms with Crippen LogP contribution in [-0.2, 0) is 17.7 Å². The van der Waals surface area contributed by atoms with Crippen molar-refractivity contribution >= 4 is 38.6 Å². The number of hydrogen-bond donors (Lipinski definition) is 0. The maximum Gasteiger partial charge on any atom is 0.262 e. The fourth-order valence-electron chi connectivity index (χ4n) is 2.72. The lowest BCUT2D eigenvalue weighted by molar-refractivity contribution is 0.183. The summed E-state index contributed by atoms with van der Waals surface area (Å²) in [4.78, 5) is 17.6. The Bertz CT molecular complexity index is 973. The molecule has 0 saturated heterocycles. The van der Waals surface area contributed by atoms with Crippen molar-refractivity contribution in [2.45, 2.75) is 18.1 Å². The highest BCUT2D eigenvalue weighted by Gasteiger charge is 2.12. The number of methoxy groups -OCH3 is 2. The highest BCUT2D eigenvalue weighted by molar-refractivity contribution is 9.10. The third-order valence-electron chi connectivity index (χ3n) is 4.18. The van der Waals surface area contributed by atoms with Crippen molar-refractivity contribution in [1.29, 1.82) is 0 Å². The number of nitrogens with zero attached hydrogens (tertiary/aromatic N) is 2. The lowest BCUT2D eigenvalue weighted by Crippen LogP contribution is -2.25. The van der Waals surface area contributed by atoms with Gasteiger partial charge in [0.15, 0.2) is 5.16 Å². The van der Waals surface area contributed by atoms with Gasteiger partial charge in [0, 0.05) is 17.3 Å². The quantitative estimate of drug-likeness (QED) is 0.382. The molecule has 0 N–H and O–H groups in total. The molecule has 0 atom stereocenters. The van der Waals surface area contributed by atoms with Crippen LogP contribution in [-0.4, -0.2) is 36.1 Å². The molecular formula is C20H21BrN2O3S. The van der Waals surface area contributed by atoms with Crippen molar-refractivity contribution in [2.24, 2.45) is 0 Å². The molecule has 3 rings (SSSR count). The van der Waals surface area contributed by atoms with Crippen LogP contribution in [0.5, 0.6) is 5.75 Å². The maximum absolute atomic E-state index is 12.9. The van der Waals surface area contributed by atoms with E-state index in [2.05, 4.69) is 28.1 Å². The number of fused-ring (bicyclic) bond motifs is 1. The lowest BCUT2D eigenvalue weighted by atomic mass is 10.2. The fourth-order valence-corrected chi connectivity index (χ4v) is 4.09. The van der Waals surface area contributed by atoms with Crippen LogP contribution in [0, 0.1) is 0 Å². The van der Waals surface area contributed by atoms with Crippen molar-refractivity contribution in [3.05, 3.63) is 62.9 Å². The van der Waals surface area contributed by atoms with E-state index in [4.69, 9.17) is 14.5 Å². The van der Waals surface area contributed by atoms with E-state index in [0.717, 1.165) is 27.6 Å². The number of aryl methyl sites for hydroxylation is 1. The highest BCUT2D eigenvalue weighted by Crippen LogP contribution is 2.22. The second-order valence-electron chi connectivity index (χ2n) is 5.95. The van der Waals surface area contributed by atoms with Crippen molar-refractivity contribution in [2.75, 3.05) is 26.6 Å². The zero-order valence-electron chi connectivity index (χ0n) is 15.3. The summed E-state index contributed by atoms with van der Waals surface area (Å²) in [7, 11) is 3.29. The molecule has 0 aliphatic heterocycles. The minimum absolute atomic E-state index is 0.0368. The smallest absolute Gasteiger partial charge is 0.262 e. The number of aromatic nitrogens is 2. The predicted molar refractivity (Wildman–Crippen MR) is 113 cm³/mol. The van der Waals surface area contributed by atoms with Crippen LogP contribution in [0.15, 0.2) is 56.9 Å². The first-order valence-corrected chi connectivity index (χ1v) is 10.3. The standard InChI is InChI=1S/C20H21BrN2O3S/c1-25-11-10-23-19(24)17-13-15(21)5-8-18(17)22-20(23)27-12-9-14-3-6-16(26-2)7-4-14/h3-8,13H,9-12H2,1-2H3. The van der Waals surface area contributed by atoms with Gasteiger partial charge in [-0.05, 0) is 42.3 Å². The molecule has 2 aromatic carbocycles. The molecule has 1 aromatic heterocycles.